The van der Waals surface area contributed by atoms with Gasteiger partial charge in [-0.05, 0) is 80.3 Å². The van der Waals surface area contributed by atoms with Gasteiger partial charge in [0, 0.05) is 17.1 Å². The summed E-state index contributed by atoms with van der Waals surface area (Å²) in [7, 11) is 0. The number of aryl methyl sites for hydroxylation is 1. The highest BCUT2D eigenvalue weighted by atomic mass is 32.1. The first-order chi connectivity index (χ1) is 18.2. The molecule has 0 spiro atoms. The lowest BCUT2D eigenvalue weighted by molar-refractivity contribution is 0.0927. The second-order valence-electron chi connectivity index (χ2n) is 9.87. The van der Waals surface area contributed by atoms with Crippen molar-refractivity contribution in [2.45, 2.75) is 77.4 Å². The van der Waals surface area contributed by atoms with Crippen molar-refractivity contribution >= 4 is 28.5 Å². The van der Waals surface area contributed by atoms with Crippen LogP contribution in [0.1, 0.15) is 83.8 Å². The van der Waals surface area contributed by atoms with Crippen LogP contribution < -0.4 is 14.8 Å². The highest BCUT2D eigenvalue weighted by Gasteiger charge is 2.27. The molecule has 1 aromatic heterocycles. The van der Waals surface area contributed by atoms with Gasteiger partial charge in [0.15, 0.2) is 11.5 Å². The Hall–Kier alpha value is -3.12. The number of thiophene rings is 1. The van der Waals surface area contributed by atoms with Crippen molar-refractivity contribution in [1.82, 2.24) is 5.32 Å². The predicted molar refractivity (Wildman–Crippen MR) is 151 cm³/mol. The van der Waals surface area contributed by atoms with Crippen LogP contribution in [0, 0.1) is 0 Å². The summed E-state index contributed by atoms with van der Waals surface area (Å²) < 4.78 is 11.9. The molecule has 0 bridgehead atoms. The number of nitrogens with zero attached hydrogens (tertiary/aromatic N) is 1. The highest BCUT2D eigenvalue weighted by molar-refractivity contribution is 7.16. The smallest absolute Gasteiger partial charge is 0.254 e. The van der Waals surface area contributed by atoms with Crippen LogP contribution in [0.2, 0.25) is 0 Å². The van der Waals surface area contributed by atoms with E-state index in [1.807, 2.05) is 61.7 Å². The molecular formula is C31H36N2O3S. The number of benzene rings is 2. The zero-order valence-electron chi connectivity index (χ0n) is 21.6. The SMILES string of the molecule is CCOc1cc(C=Nc2sc3c(c2C(=O)NC2CCCCC2)CCCC3)ccc1OCc1ccccc1. The minimum atomic E-state index is 0.0538. The molecule has 0 aliphatic heterocycles. The van der Waals surface area contributed by atoms with E-state index in [0.29, 0.717) is 24.7 Å². The molecule has 0 atom stereocenters. The Morgan fingerprint density at radius 1 is 1.00 bits per heavy atom. The van der Waals surface area contributed by atoms with Crippen molar-refractivity contribution in [1.29, 1.82) is 0 Å². The Labute approximate surface area is 223 Å². The Morgan fingerprint density at radius 2 is 1.81 bits per heavy atom. The van der Waals surface area contributed by atoms with E-state index in [1.165, 1.54) is 36.1 Å². The molecule has 2 aliphatic carbocycles. The van der Waals surface area contributed by atoms with Gasteiger partial charge in [0.1, 0.15) is 11.6 Å². The van der Waals surface area contributed by atoms with Crippen molar-refractivity contribution in [3.05, 3.63) is 75.7 Å². The fourth-order valence-corrected chi connectivity index (χ4v) is 6.47. The zero-order valence-corrected chi connectivity index (χ0v) is 22.4. The van der Waals surface area contributed by atoms with Gasteiger partial charge in [-0.15, -0.1) is 11.3 Å². The second-order valence-corrected chi connectivity index (χ2v) is 11.0. The number of ether oxygens (including phenoxy) is 2. The molecule has 5 nitrogen and oxygen atoms in total. The van der Waals surface area contributed by atoms with Crippen molar-refractivity contribution in [3.63, 3.8) is 0 Å². The maximum absolute atomic E-state index is 13.4. The third kappa shape index (κ3) is 6.42. The minimum Gasteiger partial charge on any atom is -0.490 e. The first kappa shape index (κ1) is 25.5. The van der Waals surface area contributed by atoms with E-state index in [1.54, 1.807) is 11.3 Å². The average molecular weight is 517 g/mol. The van der Waals surface area contributed by atoms with E-state index in [9.17, 15) is 4.79 Å². The molecule has 6 heteroatoms. The fourth-order valence-electron chi connectivity index (χ4n) is 5.24. The van der Waals surface area contributed by atoms with Crippen LogP contribution in [-0.2, 0) is 19.4 Å². The zero-order chi connectivity index (χ0) is 25.5. The summed E-state index contributed by atoms with van der Waals surface area (Å²) in [5.41, 5.74) is 4.04. The number of hydrogen-bond donors (Lipinski definition) is 1. The molecule has 0 radical (unpaired) electrons. The van der Waals surface area contributed by atoms with Gasteiger partial charge in [0.2, 0.25) is 0 Å². The molecular weight excluding hydrogens is 480 g/mol. The average Bonchev–Trinajstić information content (AvgIpc) is 3.31. The quantitative estimate of drug-likeness (QED) is 0.301. The number of nitrogens with one attached hydrogen (secondary N) is 1. The van der Waals surface area contributed by atoms with Crippen molar-refractivity contribution in [3.8, 4) is 11.5 Å². The van der Waals surface area contributed by atoms with Crippen LogP contribution in [0.5, 0.6) is 11.5 Å². The fraction of sp³-hybridized carbons (Fsp3) is 0.419. The number of fused-ring (bicyclic) bond motifs is 1. The van der Waals surface area contributed by atoms with Crippen LogP contribution in [0.3, 0.4) is 0 Å². The Bertz CT molecular complexity index is 1230. The van der Waals surface area contributed by atoms with Crippen LogP contribution in [0.4, 0.5) is 5.00 Å². The molecule has 1 fully saturated rings. The molecule has 194 valence electrons. The number of amides is 1. The summed E-state index contributed by atoms with van der Waals surface area (Å²) >= 11 is 1.68. The predicted octanol–water partition coefficient (Wildman–Crippen LogP) is 7.42. The lowest BCUT2D eigenvalue weighted by atomic mass is 9.93. The number of carbonyl (C=O) groups excluding carboxylic acids is 1. The molecule has 2 aliphatic rings. The van der Waals surface area contributed by atoms with Gasteiger partial charge in [-0.25, -0.2) is 4.99 Å². The molecule has 5 rings (SSSR count). The highest BCUT2D eigenvalue weighted by Crippen LogP contribution is 2.40. The number of hydrogen-bond acceptors (Lipinski definition) is 5. The van der Waals surface area contributed by atoms with Gasteiger partial charge in [-0.3, -0.25) is 4.79 Å². The van der Waals surface area contributed by atoms with E-state index in [-0.39, 0.29) is 11.9 Å². The van der Waals surface area contributed by atoms with E-state index in [2.05, 4.69) is 5.32 Å². The van der Waals surface area contributed by atoms with Gasteiger partial charge < -0.3 is 14.8 Å². The number of rotatable bonds is 9. The third-order valence-electron chi connectivity index (χ3n) is 7.16. The molecule has 1 amide bonds. The second kappa shape index (κ2) is 12.4. The van der Waals surface area contributed by atoms with Crippen LogP contribution in [0.25, 0.3) is 0 Å². The van der Waals surface area contributed by atoms with Crippen LogP contribution >= 0.6 is 11.3 Å². The standard InChI is InChI=1S/C31H36N2O3S/c1-2-35-27-19-23(17-18-26(27)36-21-22-11-5-3-6-12-22)20-32-31-29(25-15-9-10-16-28(25)37-31)30(34)33-24-13-7-4-8-14-24/h3,5-6,11-12,17-20,24H,2,4,7-10,13-16,21H2,1H3,(H,33,34). The van der Waals surface area contributed by atoms with E-state index in [0.717, 1.165) is 53.8 Å². The van der Waals surface area contributed by atoms with Crippen LogP contribution in [-0.4, -0.2) is 24.8 Å². The lowest BCUT2D eigenvalue weighted by Gasteiger charge is -2.23. The molecule has 37 heavy (non-hydrogen) atoms. The molecule has 1 N–H and O–H groups in total. The molecule has 1 saturated carbocycles. The largest absolute Gasteiger partial charge is 0.490 e. The van der Waals surface area contributed by atoms with Gasteiger partial charge in [-0.1, -0.05) is 49.6 Å². The Kier molecular flexibility index (Phi) is 8.57. The summed E-state index contributed by atoms with van der Waals surface area (Å²) in [4.78, 5) is 19.6. The number of aliphatic imine (C=N–C) groups is 1. The summed E-state index contributed by atoms with van der Waals surface area (Å²) in [5.74, 6) is 1.46. The number of carbonyl (C=O) groups is 1. The van der Waals surface area contributed by atoms with E-state index >= 15 is 0 Å². The van der Waals surface area contributed by atoms with Gasteiger partial charge in [0.05, 0.1) is 12.2 Å². The van der Waals surface area contributed by atoms with Crippen molar-refractivity contribution in [2.24, 2.45) is 4.99 Å². The topological polar surface area (TPSA) is 59.9 Å². The normalized spacial score (nSPS) is 15.9. The van der Waals surface area contributed by atoms with E-state index < -0.39 is 0 Å². The van der Waals surface area contributed by atoms with Crippen molar-refractivity contribution < 1.29 is 14.3 Å². The van der Waals surface area contributed by atoms with Gasteiger partial charge in [0.25, 0.3) is 5.91 Å². The maximum Gasteiger partial charge on any atom is 0.254 e. The van der Waals surface area contributed by atoms with Crippen LogP contribution in [0.15, 0.2) is 53.5 Å². The van der Waals surface area contributed by atoms with Gasteiger partial charge >= 0.3 is 0 Å². The lowest BCUT2D eigenvalue weighted by Crippen LogP contribution is -2.36. The molecule has 0 unspecified atom stereocenters. The summed E-state index contributed by atoms with van der Waals surface area (Å²) in [5, 5.41) is 4.15. The Morgan fingerprint density at radius 3 is 2.62 bits per heavy atom. The molecule has 3 aromatic rings. The first-order valence-corrected chi connectivity index (χ1v) is 14.5. The molecule has 1 heterocycles. The molecule has 0 saturated heterocycles. The molecule has 2 aromatic carbocycles. The monoisotopic (exact) mass is 516 g/mol. The summed E-state index contributed by atoms with van der Waals surface area (Å²) in [6.07, 6.45) is 12.0. The minimum absolute atomic E-state index is 0.0538. The van der Waals surface area contributed by atoms with E-state index in [4.69, 9.17) is 14.5 Å². The third-order valence-corrected chi connectivity index (χ3v) is 8.36. The Balaban J connectivity index is 1.36. The van der Waals surface area contributed by atoms with Crippen molar-refractivity contribution in [2.75, 3.05) is 6.61 Å². The first-order valence-electron chi connectivity index (χ1n) is 13.6. The summed E-state index contributed by atoms with van der Waals surface area (Å²) in [6, 6.07) is 16.3. The van der Waals surface area contributed by atoms with Gasteiger partial charge in [-0.2, -0.15) is 0 Å². The maximum atomic E-state index is 13.4. The summed E-state index contributed by atoms with van der Waals surface area (Å²) in [6.45, 7) is 3.00.